The molecule has 1 aromatic rings. The van der Waals surface area contributed by atoms with E-state index in [-0.39, 0.29) is 0 Å². The average Bonchev–Trinajstić information content (AvgIpc) is 2.17. The first-order valence-corrected chi connectivity index (χ1v) is 4.75. The van der Waals surface area contributed by atoms with Crippen LogP contribution in [0.3, 0.4) is 0 Å². The predicted octanol–water partition coefficient (Wildman–Crippen LogP) is 3.00. The average molecular weight is 177 g/mol. The number of hydrogen-bond acceptors (Lipinski definition) is 1. The molecule has 0 aliphatic rings. The molecule has 71 valence electrons. The molecular formula is C12H17O. The molecule has 0 atom stereocenters. The molecule has 0 saturated heterocycles. The molecule has 0 amide bonds. The zero-order valence-electron chi connectivity index (χ0n) is 8.68. The van der Waals surface area contributed by atoms with Crippen molar-refractivity contribution in [3.05, 3.63) is 35.7 Å². The monoisotopic (exact) mass is 177 g/mol. The quantitative estimate of drug-likeness (QED) is 0.689. The van der Waals surface area contributed by atoms with Gasteiger partial charge in [-0.05, 0) is 36.5 Å². The maximum atomic E-state index is 5.35. The van der Waals surface area contributed by atoms with Crippen LogP contribution in [-0.2, 0) is 12.8 Å². The molecule has 1 aromatic carbocycles. The molecule has 0 aromatic heterocycles. The molecular weight excluding hydrogens is 160 g/mol. The van der Waals surface area contributed by atoms with E-state index < -0.39 is 0 Å². The molecule has 0 unspecified atom stereocenters. The van der Waals surface area contributed by atoms with Crippen molar-refractivity contribution >= 4 is 0 Å². The number of hydrogen-bond donors (Lipinski definition) is 0. The van der Waals surface area contributed by atoms with Crippen LogP contribution in [0.1, 0.15) is 30.5 Å². The SMILES string of the molecule is [CH2]c1ccc(CC)c(CC)c1OC. The van der Waals surface area contributed by atoms with Gasteiger partial charge < -0.3 is 4.74 Å². The van der Waals surface area contributed by atoms with E-state index >= 15 is 0 Å². The van der Waals surface area contributed by atoms with Gasteiger partial charge in [-0.3, -0.25) is 0 Å². The Kier molecular flexibility index (Phi) is 3.35. The number of methoxy groups -OCH3 is 1. The number of rotatable bonds is 3. The third kappa shape index (κ3) is 1.85. The first-order chi connectivity index (χ1) is 6.24. The van der Waals surface area contributed by atoms with Crippen molar-refractivity contribution in [1.82, 2.24) is 0 Å². The van der Waals surface area contributed by atoms with Crippen molar-refractivity contribution in [2.45, 2.75) is 26.7 Å². The summed E-state index contributed by atoms with van der Waals surface area (Å²) in [4.78, 5) is 0. The minimum atomic E-state index is 0.960. The normalized spacial score (nSPS) is 10.2. The van der Waals surface area contributed by atoms with E-state index in [9.17, 15) is 0 Å². The van der Waals surface area contributed by atoms with Gasteiger partial charge in [0, 0.05) is 0 Å². The summed E-state index contributed by atoms with van der Waals surface area (Å²) in [5.41, 5.74) is 3.65. The van der Waals surface area contributed by atoms with Gasteiger partial charge in [-0.1, -0.05) is 26.0 Å². The lowest BCUT2D eigenvalue weighted by molar-refractivity contribution is 0.407. The highest BCUT2D eigenvalue weighted by atomic mass is 16.5. The highest BCUT2D eigenvalue weighted by Crippen LogP contribution is 2.27. The minimum absolute atomic E-state index is 0.960. The van der Waals surface area contributed by atoms with Crippen molar-refractivity contribution in [3.8, 4) is 5.75 Å². The summed E-state index contributed by atoms with van der Waals surface area (Å²) in [5, 5.41) is 0. The van der Waals surface area contributed by atoms with Crippen LogP contribution in [0, 0.1) is 6.92 Å². The van der Waals surface area contributed by atoms with Crippen LogP contribution in [0.2, 0.25) is 0 Å². The molecule has 0 bridgehead atoms. The summed E-state index contributed by atoms with van der Waals surface area (Å²) in [6.07, 6.45) is 2.06. The highest BCUT2D eigenvalue weighted by molar-refractivity contribution is 5.47. The lowest BCUT2D eigenvalue weighted by atomic mass is 9.99. The van der Waals surface area contributed by atoms with E-state index in [4.69, 9.17) is 4.74 Å². The van der Waals surface area contributed by atoms with Gasteiger partial charge in [0.05, 0.1) is 7.11 Å². The van der Waals surface area contributed by atoms with Crippen LogP contribution in [0.4, 0.5) is 0 Å². The van der Waals surface area contributed by atoms with Crippen molar-refractivity contribution in [2.24, 2.45) is 0 Å². The lowest BCUT2D eigenvalue weighted by Crippen LogP contribution is -1.98. The van der Waals surface area contributed by atoms with E-state index in [0.29, 0.717) is 0 Å². The van der Waals surface area contributed by atoms with E-state index in [0.717, 1.165) is 24.2 Å². The second-order valence-corrected chi connectivity index (χ2v) is 3.10. The summed E-state index contributed by atoms with van der Waals surface area (Å²) >= 11 is 0. The van der Waals surface area contributed by atoms with Crippen LogP contribution in [0.25, 0.3) is 0 Å². The summed E-state index contributed by atoms with van der Waals surface area (Å²) in [5.74, 6) is 0.960. The first kappa shape index (κ1) is 10.1. The van der Waals surface area contributed by atoms with Crippen LogP contribution in [-0.4, -0.2) is 7.11 Å². The molecule has 1 radical (unpaired) electrons. The van der Waals surface area contributed by atoms with Gasteiger partial charge in [0.2, 0.25) is 0 Å². The van der Waals surface area contributed by atoms with Gasteiger partial charge >= 0.3 is 0 Å². The van der Waals surface area contributed by atoms with E-state index in [1.807, 2.05) is 6.07 Å². The number of ether oxygens (including phenoxy) is 1. The van der Waals surface area contributed by atoms with Crippen LogP contribution in [0.15, 0.2) is 12.1 Å². The largest absolute Gasteiger partial charge is 0.496 e. The Morgan fingerprint density at radius 3 is 2.38 bits per heavy atom. The maximum absolute atomic E-state index is 5.35. The third-order valence-electron chi connectivity index (χ3n) is 2.38. The zero-order chi connectivity index (χ0) is 9.84. The Hall–Kier alpha value is -0.980. The maximum Gasteiger partial charge on any atom is 0.125 e. The Bertz CT molecular complexity index is 289. The van der Waals surface area contributed by atoms with Gasteiger partial charge in [-0.15, -0.1) is 0 Å². The van der Waals surface area contributed by atoms with E-state index in [1.54, 1.807) is 7.11 Å². The molecule has 1 heteroatoms. The fourth-order valence-corrected chi connectivity index (χ4v) is 1.69. The van der Waals surface area contributed by atoms with Gasteiger partial charge in [0.25, 0.3) is 0 Å². The van der Waals surface area contributed by atoms with Crippen molar-refractivity contribution < 1.29 is 4.74 Å². The molecule has 0 aliphatic carbocycles. The Morgan fingerprint density at radius 1 is 1.23 bits per heavy atom. The van der Waals surface area contributed by atoms with Crippen LogP contribution < -0.4 is 4.74 Å². The second-order valence-electron chi connectivity index (χ2n) is 3.10. The van der Waals surface area contributed by atoms with E-state index in [1.165, 1.54) is 11.1 Å². The van der Waals surface area contributed by atoms with E-state index in [2.05, 4.69) is 26.8 Å². The number of benzene rings is 1. The van der Waals surface area contributed by atoms with Crippen molar-refractivity contribution in [3.63, 3.8) is 0 Å². The predicted molar refractivity (Wildman–Crippen MR) is 56.2 cm³/mol. The molecule has 0 spiro atoms. The van der Waals surface area contributed by atoms with Crippen LogP contribution in [0.5, 0.6) is 5.75 Å². The molecule has 0 aliphatic heterocycles. The number of aryl methyl sites for hydroxylation is 1. The highest BCUT2D eigenvalue weighted by Gasteiger charge is 2.08. The summed E-state index contributed by atoms with van der Waals surface area (Å²) in [7, 11) is 1.71. The molecule has 13 heavy (non-hydrogen) atoms. The zero-order valence-corrected chi connectivity index (χ0v) is 8.68. The van der Waals surface area contributed by atoms with Crippen LogP contribution >= 0.6 is 0 Å². The Morgan fingerprint density at radius 2 is 1.92 bits per heavy atom. The van der Waals surface area contributed by atoms with Gasteiger partial charge in [0.1, 0.15) is 5.75 Å². The van der Waals surface area contributed by atoms with Gasteiger partial charge in [-0.25, -0.2) is 0 Å². The first-order valence-electron chi connectivity index (χ1n) is 4.75. The van der Waals surface area contributed by atoms with Crippen molar-refractivity contribution in [1.29, 1.82) is 0 Å². The summed E-state index contributed by atoms with van der Waals surface area (Å²) in [6.45, 7) is 8.26. The van der Waals surface area contributed by atoms with Gasteiger partial charge in [-0.2, -0.15) is 0 Å². The topological polar surface area (TPSA) is 9.23 Å². The molecule has 1 rings (SSSR count). The van der Waals surface area contributed by atoms with Crippen molar-refractivity contribution in [2.75, 3.05) is 7.11 Å². The molecule has 1 nitrogen and oxygen atoms in total. The summed E-state index contributed by atoms with van der Waals surface area (Å²) in [6, 6.07) is 4.17. The smallest absolute Gasteiger partial charge is 0.125 e. The third-order valence-corrected chi connectivity index (χ3v) is 2.38. The Labute approximate surface area is 80.7 Å². The molecule has 0 fully saturated rings. The minimum Gasteiger partial charge on any atom is -0.496 e. The van der Waals surface area contributed by atoms with Gasteiger partial charge in [0.15, 0.2) is 0 Å². The lowest BCUT2D eigenvalue weighted by Gasteiger charge is -2.13. The standard InChI is InChI=1S/C12H17O/c1-5-10-8-7-9(3)12(13-4)11(10)6-2/h7-8H,3,5-6H2,1-2,4H3. The Balaban J connectivity index is 3.27. The second kappa shape index (κ2) is 4.31. The summed E-state index contributed by atoms with van der Waals surface area (Å²) < 4.78 is 5.35. The fraction of sp³-hybridized carbons (Fsp3) is 0.417. The fourth-order valence-electron chi connectivity index (χ4n) is 1.69. The molecule has 0 saturated carbocycles. The molecule has 0 heterocycles. The molecule has 0 N–H and O–H groups in total.